The van der Waals surface area contributed by atoms with Gasteiger partial charge in [0, 0.05) is 6.42 Å². The van der Waals surface area contributed by atoms with Crippen LogP contribution in [0.4, 0.5) is 0 Å². The van der Waals surface area contributed by atoms with Crippen LogP contribution in [0.1, 0.15) is 44.0 Å². The summed E-state index contributed by atoms with van der Waals surface area (Å²) in [6, 6.07) is 5.39. The lowest BCUT2D eigenvalue weighted by atomic mass is 9.78. The van der Waals surface area contributed by atoms with Gasteiger partial charge in [-0.15, -0.1) is 0 Å². The summed E-state index contributed by atoms with van der Waals surface area (Å²) in [5.41, 5.74) is 0.437. The van der Waals surface area contributed by atoms with Crippen LogP contribution < -0.4 is 9.47 Å². The number of carbonyl (C=O) groups is 1. The highest BCUT2D eigenvalue weighted by Crippen LogP contribution is 2.35. The van der Waals surface area contributed by atoms with Gasteiger partial charge in [-0.1, -0.05) is 33.8 Å². The van der Waals surface area contributed by atoms with Gasteiger partial charge in [0.25, 0.3) is 0 Å². The van der Waals surface area contributed by atoms with Gasteiger partial charge in [-0.05, 0) is 29.9 Å². The zero-order chi connectivity index (χ0) is 15.3. The van der Waals surface area contributed by atoms with E-state index in [9.17, 15) is 4.79 Å². The van der Waals surface area contributed by atoms with Crippen molar-refractivity contribution < 1.29 is 14.3 Å². The molecule has 0 saturated carbocycles. The lowest BCUT2D eigenvalue weighted by molar-refractivity contribution is 0.0913. The van der Waals surface area contributed by atoms with E-state index in [1.165, 1.54) is 0 Å². The number of carbonyl (C=O) groups excluding carboxylic acids is 1. The molecule has 3 nitrogen and oxygen atoms in total. The van der Waals surface area contributed by atoms with Crippen LogP contribution in [0.2, 0.25) is 0 Å². The minimum atomic E-state index is -0.0931. The molecule has 1 atom stereocenters. The Morgan fingerprint density at radius 2 is 1.75 bits per heavy atom. The number of benzene rings is 1. The Bertz CT molecular complexity index is 439. The Kier molecular flexibility index (Phi) is 5.61. The molecule has 0 aliphatic carbocycles. The summed E-state index contributed by atoms with van der Waals surface area (Å²) in [6.07, 6.45) is 1.35. The number of ether oxygens (including phenoxy) is 2. The molecule has 3 heteroatoms. The first kappa shape index (κ1) is 16.5. The Labute approximate surface area is 122 Å². The summed E-state index contributed by atoms with van der Waals surface area (Å²) >= 11 is 0. The fraction of sp³-hybridized carbons (Fsp3) is 0.529. The molecule has 0 aliphatic rings. The Hall–Kier alpha value is -1.51. The molecule has 0 saturated heterocycles. The number of rotatable bonds is 7. The van der Waals surface area contributed by atoms with Gasteiger partial charge in [-0.2, -0.15) is 0 Å². The molecule has 1 unspecified atom stereocenters. The average Bonchev–Trinajstić information content (AvgIpc) is 2.35. The summed E-state index contributed by atoms with van der Waals surface area (Å²) in [5, 5.41) is 0. The second-order valence-electron chi connectivity index (χ2n) is 6.11. The standard InChI is InChI=1S/C17H25O3/c1-12(2)10-17(3,4)11-13(18)16-14(19-5)8-7-9-15(16)20-6/h7-9,12H,1,10-11H2,2-6H3. The van der Waals surface area contributed by atoms with Crippen molar-refractivity contribution in [2.24, 2.45) is 11.3 Å². The second kappa shape index (κ2) is 6.78. The van der Waals surface area contributed by atoms with Gasteiger partial charge in [0.1, 0.15) is 17.1 Å². The van der Waals surface area contributed by atoms with Crippen molar-refractivity contribution >= 4 is 5.78 Å². The average molecular weight is 277 g/mol. The van der Waals surface area contributed by atoms with Gasteiger partial charge in [-0.25, -0.2) is 0 Å². The molecule has 0 bridgehead atoms. The molecule has 0 N–H and O–H groups in total. The van der Waals surface area contributed by atoms with E-state index in [-0.39, 0.29) is 11.2 Å². The Morgan fingerprint density at radius 3 is 2.15 bits per heavy atom. The third-order valence-corrected chi connectivity index (χ3v) is 3.25. The molecular weight excluding hydrogens is 252 g/mol. The number of hydrogen-bond donors (Lipinski definition) is 0. The van der Waals surface area contributed by atoms with Crippen LogP contribution in [-0.4, -0.2) is 20.0 Å². The number of methoxy groups -OCH3 is 2. The number of Topliss-reactive ketones (excluding diaryl/α,β-unsaturated/α-hetero) is 1. The lowest BCUT2D eigenvalue weighted by Gasteiger charge is -2.26. The lowest BCUT2D eigenvalue weighted by Crippen LogP contribution is -2.20. The summed E-state index contributed by atoms with van der Waals surface area (Å²) < 4.78 is 10.6. The normalized spacial score (nSPS) is 11.6. The molecule has 111 valence electrons. The van der Waals surface area contributed by atoms with Crippen molar-refractivity contribution in [3.63, 3.8) is 0 Å². The molecule has 1 radical (unpaired) electrons. The number of ketones is 1. The molecule has 0 heterocycles. The summed E-state index contributed by atoms with van der Waals surface area (Å²) in [6.45, 7) is 10.3. The minimum absolute atomic E-state index is 0.0463. The molecule has 0 fully saturated rings. The van der Waals surface area contributed by atoms with Gasteiger partial charge in [0.2, 0.25) is 0 Å². The molecule has 1 rings (SSSR count). The second-order valence-corrected chi connectivity index (χ2v) is 6.11. The molecule has 0 aliphatic heterocycles. The van der Waals surface area contributed by atoms with Gasteiger partial charge < -0.3 is 9.47 Å². The first-order valence-corrected chi connectivity index (χ1v) is 6.88. The van der Waals surface area contributed by atoms with Gasteiger partial charge in [0.15, 0.2) is 5.78 Å². The van der Waals surface area contributed by atoms with E-state index in [0.717, 1.165) is 6.42 Å². The van der Waals surface area contributed by atoms with E-state index < -0.39 is 0 Å². The van der Waals surface area contributed by atoms with E-state index in [0.29, 0.717) is 29.4 Å². The van der Waals surface area contributed by atoms with Crippen molar-refractivity contribution in [3.8, 4) is 11.5 Å². The Balaban J connectivity index is 3.03. The fourth-order valence-electron chi connectivity index (χ4n) is 2.66. The first-order valence-electron chi connectivity index (χ1n) is 6.88. The summed E-state index contributed by atoms with van der Waals surface area (Å²) in [5.74, 6) is 1.49. The maximum Gasteiger partial charge on any atom is 0.170 e. The maximum absolute atomic E-state index is 12.6. The SMILES string of the molecule is [CH2]C(C)CC(C)(C)CC(=O)c1c(OC)cccc1OC. The monoisotopic (exact) mass is 277 g/mol. The highest BCUT2D eigenvalue weighted by Gasteiger charge is 2.27. The van der Waals surface area contributed by atoms with E-state index >= 15 is 0 Å². The molecule has 0 amide bonds. The van der Waals surface area contributed by atoms with Crippen LogP contribution in [0, 0.1) is 18.3 Å². The van der Waals surface area contributed by atoms with Crippen molar-refractivity contribution in [2.75, 3.05) is 14.2 Å². The van der Waals surface area contributed by atoms with E-state index in [4.69, 9.17) is 9.47 Å². The largest absolute Gasteiger partial charge is 0.496 e. The highest BCUT2D eigenvalue weighted by atomic mass is 16.5. The minimum Gasteiger partial charge on any atom is -0.496 e. The van der Waals surface area contributed by atoms with Crippen LogP contribution in [0.15, 0.2) is 18.2 Å². The topological polar surface area (TPSA) is 35.5 Å². The van der Waals surface area contributed by atoms with Crippen LogP contribution in [0.25, 0.3) is 0 Å². The summed E-state index contributed by atoms with van der Waals surface area (Å²) in [4.78, 5) is 12.6. The van der Waals surface area contributed by atoms with Gasteiger partial charge >= 0.3 is 0 Å². The first-order chi connectivity index (χ1) is 9.30. The third kappa shape index (κ3) is 4.26. The third-order valence-electron chi connectivity index (χ3n) is 3.25. The van der Waals surface area contributed by atoms with Crippen molar-refractivity contribution in [2.45, 2.75) is 33.6 Å². The molecular formula is C17H25O3. The molecule has 1 aromatic carbocycles. The fourth-order valence-corrected chi connectivity index (χ4v) is 2.66. The van der Waals surface area contributed by atoms with Crippen LogP contribution >= 0.6 is 0 Å². The van der Waals surface area contributed by atoms with E-state index in [1.807, 2.05) is 6.07 Å². The summed E-state index contributed by atoms with van der Waals surface area (Å²) in [7, 11) is 3.13. The van der Waals surface area contributed by atoms with Crippen molar-refractivity contribution in [1.82, 2.24) is 0 Å². The van der Waals surface area contributed by atoms with Crippen LogP contribution in [0.5, 0.6) is 11.5 Å². The van der Waals surface area contributed by atoms with E-state index in [2.05, 4.69) is 27.7 Å². The predicted molar refractivity (Wildman–Crippen MR) is 81.4 cm³/mol. The van der Waals surface area contributed by atoms with Gasteiger partial charge in [-0.3, -0.25) is 4.79 Å². The van der Waals surface area contributed by atoms with Gasteiger partial charge in [0.05, 0.1) is 14.2 Å². The smallest absolute Gasteiger partial charge is 0.170 e. The van der Waals surface area contributed by atoms with Crippen LogP contribution in [-0.2, 0) is 0 Å². The van der Waals surface area contributed by atoms with Crippen molar-refractivity contribution in [3.05, 3.63) is 30.7 Å². The zero-order valence-electron chi connectivity index (χ0n) is 13.2. The van der Waals surface area contributed by atoms with Crippen LogP contribution in [0.3, 0.4) is 0 Å². The molecule has 0 aromatic heterocycles. The highest BCUT2D eigenvalue weighted by molar-refractivity contribution is 6.01. The predicted octanol–water partition coefficient (Wildman–Crippen LogP) is 4.16. The zero-order valence-corrected chi connectivity index (χ0v) is 13.2. The number of hydrogen-bond acceptors (Lipinski definition) is 3. The Morgan fingerprint density at radius 1 is 1.25 bits per heavy atom. The molecule has 1 aromatic rings. The quantitative estimate of drug-likeness (QED) is 0.702. The molecule has 0 spiro atoms. The molecule has 20 heavy (non-hydrogen) atoms. The maximum atomic E-state index is 12.6. The van der Waals surface area contributed by atoms with Crippen molar-refractivity contribution in [1.29, 1.82) is 0 Å². The van der Waals surface area contributed by atoms with E-state index in [1.54, 1.807) is 26.4 Å².